The molecule has 0 spiro atoms. The molecule has 1 aliphatic rings. The van der Waals surface area contributed by atoms with Gasteiger partial charge in [-0.3, -0.25) is 4.79 Å². The van der Waals surface area contributed by atoms with E-state index >= 15 is 0 Å². The van der Waals surface area contributed by atoms with Crippen molar-refractivity contribution in [1.82, 2.24) is 9.88 Å². The van der Waals surface area contributed by atoms with Crippen molar-refractivity contribution in [2.24, 2.45) is 0 Å². The van der Waals surface area contributed by atoms with E-state index in [2.05, 4.69) is 5.32 Å². The monoisotopic (exact) mass is 376 g/mol. The van der Waals surface area contributed by atoms with Crippen molar-refractivity contribution in [2.75, 3.05) is 19.4 Å². The Kier molecular flexibility index (Phi) is 5.09. The van der Waals surface area contributed by atoms with E-state index in [4.69, 9.17) is 4.74 Å². The molecule has 1 atom stereocenters. The average Bonchev–Trinajstić information content (AvgIpc) is 3.12. The van der Waals surface area contributed by atoms with Gasteiger partial charge in [0.2, 0.25) is 0 Å². The van der Waals surface area contributed by atoms with E-state index in [1.165, 1.54) is 0 Å². The van der Waals surface area contributed by atoms with Crippen LogP contribution < -0.4 is 10.1 Å². The number of ether oxygens (including phenoxy) is 1. The van der Waals surface area contributed by atoms with Crippen molar-refractivity contribution in [1.29, 1.82) is 0 Å². The van der Waals surface area contributed by atoms with Crippen LogP contribution in [0.2, 0.25) is 0 Å². The van der Waals surface area contributed by atoms with Gasteiger partial charge in [0.15, 0.2) is 9.84 Å². The molecule has 0 aliphatic carbocycles. The molecule has 1 aromatic heterocycles. The molecule has 1 saturated heterocycles. The lowest BCUT2D eigenvalue weighted by Gasteiger charge is -2.16. The van der Waals surface area contributed by atoms with Gasteiger partial charge >= 0.3 is 0 Å². The second-order valence-electron chi connectivity index (χ2n) is 6.68. The molecule has 2 aromatic rings. The molecule has 2 heterocycles. The van der Waals surface area contributed by atoms with Crippen LogP contribution in [0.5, 0.6) is 5.75 Å². The molecule has 26 heavy (non-hydrogen) atoms. The van der Waals surface area contributed by atoms with Gasteiger partial charge in [-0.2, -0.15) is 0 Å². The van der Waals surface area contributed by atoms with Crippen molar-refractivity contribution in [3.63, 3.8) is 0 Å². The predicted molar refractivity (Wildman–Crippen MR) is 101 cm³/mol. The molecule has 0 radical (unpaired) electrons. The van der Waals surface area contributed by atoms with Crippen molar-refractivity contribution in [3.05, 3.63) is 47.3 Å². The second-order valence-corrected chi connectivity index (χ2v) is 9.08. The summed E-state index contributed by atoms with van der Waals surface area (Å²) in [5, 5.41) is 2.29. The maximum atomic E-state index is 12.5. The molecular formula is C19H24N2O4S. The van der Waals surface area contributed by atoms with Gasteiger partial charge in [0, 0.05) is 23.5 Å². The zero-order chi connectivity index (χ0) is 18.9. The molecule has 1 fully saturated rings. The van der Waals surface area contributed by atoms with Gasteiger partial charge in [-0.05, 0) is 57.0 Å². The minimum absolute atomic E-state index is 0.157. The average molecular weight is 376 g/mol. The van der Waals surface area contributed by atoms with E-state index in [1.807, 2.05) is 30.5 Å². The first-order chi connectivity index (χ1) is 12.3. The summed E-state index contributed by atoms with van der Waals surface area (Å²) in [7, 11) is -1.47. The zero-order valence-electron chi connectivity index (χ0n) is 15.3. The van der Waals surface area contributed by atoms with Crippen molar-refractivity contribution in [2.45, 2.75) is 31.9 Å². The third kappa shape index (κ3) is 3.49. The fourth-order valence-corrected chi connectivity index (χ4v) is 5.22. The Morgan fingerprint density at radius 2 is 1.92 bits per heavy atom. The number of benzene rings is 1. The van der Waals surface area contributed by atoms with Crippen LogP contribution in [0.25, 0.3) is 5.69 Å². The van der Waals surface area contributed by atoms with E-state index in [-0.39, 0.29) is 18.2 Å². The quantitative estimate of drug-likeness (QED) is 0.869. The summed E-state index contributed by atoms with van der Waals surface area (Å²) in [6.45, 7) is 4.14. The Balaban J connectivity index is 1.84. The molecule has 0 saturated carbocycles. The Bertz CT molecular complexity index is 912. The molecule has 1 N–H and O–H groups in total. The Hall–Kier alpha value is -2.28. The molecule has 1 amide bonds. The van der Waals surface area contributed by atoms with Crippen LogP contribution in [0.4, 0.5) is 0 Å². The summed E-state index contributed by atoms with van der Waals surface area (Å²) in [5.74, 6) is 0.604. The number of methoxy groups -OCH3 is 1. The number of sulfone groups is 1. The van der Waals surface area contributed by atoms with Crippen molar-refractivity contribution < 1.29 is 17.9 Å². The van der Waals surface area contributed by atoms with Gasteiger partial charge in [0.1, 0.15) is 5.75 Å². The summed E-state index contributed by atoms with van der Waals surface area (Å²) < 4.78 is 31.3. The maximum Gasteiger partial charge on any atom is 0.251 e. The number of aromatic nitrogens is 1. The maximum absolute atomic E-state index is 12.5. The fraction of sp³-hybridized carbons (Fsp3) is 0.421. The largest absolute Gasteiger partial charge is 0.495 e. The highest BCUT2D eigenvalue weighted by atomic mass is 32.2. The normalized spacial score (nSPS) is 18.7. The number of carbonyl (C=O) groups excluding carboxylic acids is 1. The first-order valence-corrected chi connectivity index (χ1v) is 10.4. The van der Waals surface area contributed by atoms with Gasteiger partial charge in [0.25, 0.3) is 5.91 Å². The number of hydrogen-bond acceptors (Lipinski definition) is 4. The van der Waals surface area contributed by atoms with Crippen LogP contribution in [0, 0.1) is 13.8 Å². The lowest BCUT2D eigenvalue weighted by molar-refractivity contribution is 0.0953. The van der Waals surface area contributed by atoms with Crippen molar-refractivity contribution >= 4 is 15.7 Å². The molecule has 1 aliphatic heterocycles. The summed E-state index contributed by atoms with van der Waals surface area (Å²) in [6, 6.07) is 9.24. The van der Waals surface area contributed by atoms with Crippen LogP contribution in [-0.4, -0.2) is 43.5 Å². The topological polar surface area (TPSA) is 77.4 Å². The van der Waals surface area contributed by atoms with Gasteiger partial charge in [-0.1, -0.05) is 0 Å². The third-order valence-corrected chi connectivity index (χ3v) is 7.18. The summed E-state index contributed by atoms with van der Waals surface area (Å²) in [6.07, 6.45) is 1.28. The van der Waals surface area contributed by atoms with E-state index in [0.29, 0.717) is 24.2 Å². The number of carbonyl (C=O) groups is 1. The first kappa shape index (κ1) is 18.5. The molecule has 3 rings (SSSR count). The zero-order valence-corrected chi connectivity index (χ0v) is 16.1. The Labute approximate surface area is 154 Å². The molecule has 7 heteroatoms. The summed E-state index contributed by atoms with van der Waals surface area (Å²) in [4.78, 5) is 12.5. The van der Waals surface area contributed by atoms with E-state index < -0.39 is 15.1 Å². The lowest BCUT2D eigenvalue weighted by atomic mass is 10.1. The number of aryl methyl sites for hydroxylation is 2. The molecule has 6 nitrogen and oxygen atoms in total. The first-order valence-electron chi connectivity index (χ1n) is 8.66. The molecular weight excluding hydrogens is 352 g/mol. The highest BCUT2D eigenvalue weighted by molar-refractivity contribution is 7.92. The van der Waals surface area contributed by atoms with Crippen LogP contribution in [0.3, 0.4) is 0 Å². The smallest absolute Gasteiger partial charge is 0.251 e. The van der Waals surface area contributed by atoms with Crippen LogP contribution in [0.15, 0.2) is 30.3 Å². The highest BCUT2D eigenvalue weighted by Crippen LogP contribution is 2.27. The minimum atomic E-state index is -3.07. The molecule has 0 bridgehead atoms. The summed E-state index contributed by atoms with van der Waals surface area (Å²) >= 11 is 0. The number of rotatable bonds is 5. The Morgan fingerprint density at radius 1 is 1.23 bits per heavy atom. The molecule has 1 unspecified atom stereocenters. The number of amides is 1. The highest BCUT2D eigenvalue weighted by Gasteiger charge is 2.31. The van der Waals surface area contributed by atoms with Gasteiger partial charge in [0.05, 0.1) is 23.8 Å². The minimum Gasteiger partial charge on any atom is -0.495 e. The van der Waals surface area contributed by atoms with Crippen molar-refractivity contribution in [3.8, 4) is 11.4 Å². The molecule has 140 valence electrons. The number of hydrogen-bond donors (Lipinski definition) is 1. The van der Waals surface area contributed by atoms with Crippen LogP contribution >= 0.6 is 0 Å². The fourth-order valence-electron chi connectivity index (χ4n) is 3.45. The van der Waals surface area contributed by atoms with Gasteiger partial charge in [-0.15, -0.1) is 0 Å². The predicted octanol–water partition coefficient (Wildman–Crippen LogP) is 2.41. The van der Waals surface area contributed by atoms with E-state index in [0.717, 1.165) is 17.1 Å². The van der Waals surface area contributed by atoms with E-state index in [9.17, 15) is 13.2 Å². The van der Waals surface area contributed by atoms with E-state index in [1.54, 1.807) is 25.3 Å². The third-order valence-electron chi connectivity index (χ3n) is 4.91. The molecule has 1 aromatic carbocycles. The standard InChI is InChI=1S/C19H24N2O4S/c1-13-6-7-14(2)21(13)17-11-15(8-9-18(17)25-3)19(22)20-12-16-5-4-10-26(16,23)24/h6-9,11,16H,4-5,10,12H2,1-3H3,(H,20,22). The van der Waals surface area contributed by atoms with Crippen LogP contribution in [-0.2, 0) is 9.84 Å². The lowest BCUT2D eigenvalue weighted by Crippen LogP contribution is -2.34. The number of nitrogens with zero attached hydrogens (tertiary/aromatic N) is 1. The van der Waals surface area contributed by atoms with Crippen LogP contribution in [0.1, 0.15) is 34.6 Å². The SMILES string of the molecule is COc1ccc(C(=O)NCC2CCCS2(=O)=O)cc1-n1c(C)ccc1C. The number of nitrogens with one attached hydrogen (secondary N) is 1. The summed E-state index contributed by atoms with van der Waals surface area (Å²) in [5.41, 5.74) is 3.34. The van der Waals surface area contributed by atoms with Gasteiger partial charge < -0.3 is 14.6 Å². The Morgan fingerprint density at radius 3 is 2.50 bits per heavy atom. The van der Waals surface area contributed by atoms with Gasteiger partial charge in [-0.25, -0.2) is 8.42 Å². The second kappa shape index (κ2) is 7.15.